The Morgan fingerprint density at radius 1 is 1.45 bits per heavy atom. The standard InChI is InChI=1S/C9H13NO/c1-7(11-2)8-4-3-5-9(10)6-8/h3-7H,10H2,1-2H3/t7-/m1/s1. The summed E-state index contributed by atoms with van der Waals surface area (Å²) in [6.45, 7) is 1.99. The Hall–Kier alpha value is -1.02. The molecule has 0 aliphatic rings. The minimum Gasteiger partial charge on any atom is -0.399 e. The van der Waals surface area contributed by atoms with Gasteiger partial charge < -0.3 is 10.5 Å². The van der Waals surface area contributed by atoms with Crippen LogP contribution in [0.3, 0.4) is 0 Å². The molecule has 0 spiro atoms. The van der Waals surface area contributed by atoms with Crippen LogP contribution in [-0.2, 0) is 4.74 Å². The molecule has 1 atom stereocenters. The third-order valence-corrected chi connectivity index (χ3v) is 1.73. The molecule has 0 aromatic heterocycles. The number of hydrogen-bond donors (Lipinski definition) is 1. The molecular weight excluding hydrogens is 138 g/mol. The highest BCUT2D eigenvalue weighted by Crippen LogP contribution is 2.17. The zero-order chi connectivity index (χ0) is 8.27. The van der Waals surface area contributed by atoms with Crippen LogP contribution in [0.25, 0.3) is 0 Å². The maximum absolute atomic E-state index is 5.60. The Balaban J connectivity index is 2.86. The van der Waals surface area contributed by atoms with Crippen molar-refractivity contribution in [3.63, 3.8) is 0 Å². The van der Waals surface area contributed by atoms with Crippen molar-refractivity contribution >= 4 is 5.69 Å². The van der Waals surface area contributed by atoms with Crippen molar-refractivity contribution in [1.82, 2.24) is 0 Å². The quantitative estimate of drug-likeness (QED) is 0.656. The van der Waals surface area contributed by atoms with Crippen molar-refractivity contribution in [2.45, 2.75) is 13.0 Å². The number of nitrogens with two attached hydrogens (primary N) is 1. The zero-order valence-electron chi connectivity index (χ0n) is 6.87. The molecule has 1 aromatic carbocycles. The first-order valence-corrected chi connectivity index (χ1v) is 3.62. The minimum absolute atomic E-state index is 0.124. The highest BCUT2D eigenvalue weighted by molar-refractivity contribution is 5.41. The molecule has 1 rings (SSSR count). The van der Waals surface area contributed by atoms with Crippen LogP contribution in [0.15, 0.2) is 24.3 Å². The number of anilines is 1. The van der Waals surface area contributed by atoms with E-state index in [2.05, 4.69) is 0 Å². The summed E-state index contributed by atoms with van der Waals surface area (Å²) in [5.41, 5.74) is 7.50. The fraction of sp³-hybridized carbons (Fsp3) is 0.333. The second kappa shape index (κ2) is 3.39. The molecule has 0 aliphatic carbocycles. The van der Waals surface area contributed by atoms with E-state index in [9.17, 15) is 0 Å². The van der Waals surface area contributed by atoms with Crippen molar-refractivity contribution in [1.29, 1.82) is 0 Å². The van der Waals surface area contributed by atoms with Crippen molar-refractivity contribution in [3.8, 4) is 0 Å². The first kappa shape index (κ1) is 8.08. The van der Waals surface area contributed by atoms with E-state index >= 15 is 0 Å². The molecule has 0 fully saturated rings. The molecule has 0 heterocycles. The second-order valence-electron chi connectivity index (χ2n) is 2.55. The normalized spacial score (nSPS) is 12.9. The number of nitrogen functional groups attached to an aromatic ring is 1. The summed E-state index contributed by atoms with van der Waals surface area (Å²) in [5.74, 6) is 0. The smallest absolute Gasteiger partial charge is 0.0793 e. The Labute approximate surface area is 67.0 Å². The van der Waals surface area contributed by atoms with Gasteiger partial charge in [-0.15, -0.1) is 0 Å². The first-order valence-electron chi connectivity index (χ1n) is 3.62. The van der Waals surface area contributed by atoms with Gasteiger partial charge in [0.1, 0.15) is 0 Å². The average molecular weight is 151 g/mol. The molecule has 0 bridgehead atoms. The van der Waals surface area contributed by atoms with Crippen LogP contribution < -0.4 is 5.73 Å². The lowest BCUT2D eigenvalue weighted by Crippen LogP contribution is -1.96. The van der Waals surface area contributed by atoms with Crippen LogP contribution in [-0.4, -0.2) is 7.11 Å². The van der Waals surface area contributed by atoms with E-state index in [1.165, 1.54) is 0 Å². The van der Waals surface area contributed by atoms with Crippen LogP contribution in [0.2, 0.25) is 0 Å². The number of benzene rings is 1. The fourth-order valence-electron chi connectivity index (χ4n) is 0.948. The summed E-state index contributed by atoms with van der Waals surface area (Å²) in [4.78, 5) is 0. The van der Waals surface area contributed by atoms with Gasteiger partial charge in [-0.3, -0.25) is 0 Å². The molecule has 0 saturated heterocycles. The summed E-state index contributed by atoms with van der Waals surface area (Å²) >= 11 is 0. The van der Waals surface area contributed by atoms with E-state index in [0.29, 0.717) is 0 Å². The van der Waals surface area contributed by atoms with Gasteiger partial charge in [-0.1, -0.05) is 12.1 Å². The Morgan fingerprint density at radius 3 is 2.73 bits per heavy atom. The van der Waals surface area contributed by atoms with Crippen molar-refractivity contribution < 1.29 is 4.74 Å². The van der Waals surface area contributed by atoms with E-state index in [1.54, 1.807) is 7.11 Å². The lowest BCUT2D eigenvalue weighted by atomic mass is 10.1. The SMILES string of the molecule is CO[C@H](C)c1cccc(N)c1. The lowest BCUT2D eigenvalue weighted by molar-refractivity contribution is 0.119. The van der Waals surface area contributed by atoms with Crippen LogP contribution in [0, 0.1) is 0 Å². The summed E-state index contributed by atoms with van der Waals surface area (Å²) < 4.78 is 5.14. The van der Waals surface area contributed by atoms with Crippen molar-refractivity contribution in [3.05, 3.63) is 29.8 Å². The second-order valence-corrected chi connectivity index (χ2v) is 2.55. The third-order valence-electron chi connectivity index (χ3n) is 1.73. The molecule has 1 aromatic rings. The Morgan fingerprint density at radius 2 is 2.18 bits per heavy atom. The summed E-state index contributed by atoms with van der Waals surface area (Å²) in [6.07, 6.45) is 0.124. The van der Waals surface area contributed by atoms with E-state index in [4.69, 9.17) is 10.5 Å². The van der Waals surface area contributed by atoms with Gasteiger partial charge in [0.25, 0.3) is 0 Å². The zero-order valence-corrected chi connectivity index (χ0v) is 6.87. The van der Waals surface area contributed by atoms with Gasteiger partial charge in [-0.05, 0) is 24.6 Å². The monoisotopic (exact) mass is 151 g/mol. The molecule has 60 valence electrons. The van der Waals surface area contributed by atoms with Crippen molar-refractivity contribution in [2.75, 3.05) is 12.8 Å². The fourth-order valence-corrected chi connectivity index (χ4v) is 0.948. The van der Waals surface area contributed by atoms with E-state index in [-0.39, 0.29) is 6.10 Å². The van der Waals surface area contributed by atoms with Gasteiger partial charge in [-0.2, -0.15) is 0 Å². The number of rotatable bonds is 2. The van der Waals surface area contributed by atoms with Crippen LogP contribution in [0.4, 0.5) is 5.69 Å². The van der Waals surface area contributed by atoms with Gasteiger partial charge in [0.2, 0.25) is 0 Å². The molecule has 0 saturated carbocycles. The van der Waals surface area contributed by atoms with E-state index < -0.39 is 0 Å². The number of hydrogen-bond acceptors (Lipinski definition) is 2. The molecule has 0 amide bonds. The van der Waals surface area contributed by atoms with Gasteiger partial charge in [0, 0.05) is 12.8 Å². The molecular formula is C9H13NO. The highest BCUT2D eigenvalue weighted by Gasteiger charge is 2.01. The first-order chi connectivity index (χ1) is 5.24. The van der Waals surface area contributed by atoms with Crippen LogP contribution >= 0.6 is 0 Å². The van der Waals surface area contributed by atoms with E-state index in [1.807, 2.05) is 31.2 Å². The van der Waals surface area contributed by atoms with Crippen LogP contribution in [0.1, 0.15) is 18.6 Å². The molecule has 2 N–H and O–H groups in total. The number of ether oxygens (including phenoxy) is 1. The Bertz CT molecular complexity index is 235. The van der Waals surface area contributed by atoms with E-state index in [0.717, 1.165) is 11.3 Å². The Kier molecular flexibility index (Phi) is 2.49. The molecule has 0 aliphatic heterocycles. The average Bonchev–Trinajstić information content (AvgIpc) is 2.03. The number of methoxy groups -OCH3 is 1. The van der Waals surface area contributed by atoms with Gasteiger partial charge >= 0.3 is 0 Å². The summed E-state index contributed by atoms with van der Waals surface area (Å²) in [5, 5.41) is 0. The van der Waals surface area contributed by atoms with Gasteiger partial charge in [0.15, 0.2) is 0 Å². The van der Waals surface area contributed by atoms with Crippen molar-refractivity contribution in [2.24, 2.45) is 0 Å². The predicted molar refractivity (Wildman–Crippen MR) is 46.3 cm³/mol. The highest BCUT2D eigenvalue weighted by atomic mass is 16.5. The molecule has 2 nitrogen and oxygen atoms in total. The molecule has 2 heteroatoms. The van der Waals surface area contributed by atoms with Gasteiger partial charge in [-0.25, -0.2) is 0 Å². The summed E-state index contributed by atoms with van der Waals surface area (Å²) in [6, 6.07) is 7.73. The maximum atomic E-state index is 5.60. The molecule has 0 unspecified atom stereocenters. The largest absolute Gasteiger partial charge is 0.399 e. The third kappa shape index (κ3) is 1.95. The molecule has 11 heavy (non-hydrogen) atoms. The molecule has 0 radical (unpaired) electrons. The lowest BCUT2D eigenvalue weighted by Gasteiger charge is -2.09. The predicted octanol–water partition coefficient (Wildman–Crippen LogP) is 1.98. The maximum Gasteiger partial charge on any atom is 0.0793 e. The van der Waals surface area contributed by atoms with Gasteiger partial charge in [0.05, 0.1) is 6.10 Å². The topological polar surface area (TPSA) is 35.2 Å². The van der Waals surface area contributed by atoms with Crippen LogP contribution in [0.5, 0.6) is 0 Å². The minimum atomic E-state index is 0.124. The summed E-state index contributed by atoms with van der Waals surface area (Å²) in [7, 11) is 1.69.